The minimum absolute atomic E-state index is 0.0584. The summed E-state index contributed by atoms with van der Waals surface area (Å²) in [4.78, 5) is 26.7. The number of carbonyl (C=O) groups is 2. The van der Waals surface area contributed by atoms with Crippen LogP contribution in [0.25, 0.3) is 0 Å². The van der Waals surface area contributed by atoms with Crippen LogP contribution in [0.5, 0.6) is 0 Å². The Morgan fingerprint density at radius 2 is 2.00 bits per heavy atom. The van der Waals surface area contributed by atoms with Crippen molar-refractivity contribution in [3.05, 3.63) is 35.9 Å². The van der Waals surface area contributed by atoms with Gasteiger partial charge in [0, 0.05) is 19.6 Å². The molecule has 1 aromatic carbocycles. The van der Waals surface area contributed by atoms with Crippen molar-refractivity contribution in [3.8, 4) is 0 Å². The highest BCUT2D eigenvalue weighted by atomic mass is 16.3. The van der Waals surface area contributed by atoms with Crippen LogP contribution in [0.15, 0.2) is 30.3 Å². The first kappa shape index (κ1) is 19.4. The maximum atomic E-state index is 12.5. The largest absolute Gasteiger partial charge is 0.388 e. The third kappa shape index (κ3) is 5.56. The molecule has 0 bridgehead atoms. The lowest BCUT2D eigenvalue weighted by Gasteiger charge is -2.33. The summed E-state index contributed by atoms with van der Waals surface area (Å²) in [6.07, 6.45) is 1.99. The van der Waals surface area contributed by atoms with Crippen LogP contribution in [0.4, 0.5) is 0 Å². The predicted molar refractivity (Wildman–Crippen MR) is 97.9 cm³/mol. The van der Waals surface area contributed by atoms with E-state index in [1.807, 2.05) is 44.2 Å². The van der Waals surface area contributed by atoms with E-state index < -0.39 is 5.60 Å². The van der Waals surface area contributed by atoms with Crippen LogP contribution in [-0.2, 0) is 16.0 Å². The number of amides is 2. The number of hydrogen-bond donors (Lipinski definition) is 2. The molecule has 0 spiro atoms. The normalized spacial score (nSPS) is 20.2. The molecule has 2 atom stereocenters. The number of nitrogens with zero attached hydrogens (tertiary/aromatic N) is 1. The lowest BCUT2D eigenvalue weighted by molar-refractivity contribution is -0.135. The van der Waals surface area contributed by atoms with E-state index in [4.69, 9.17) is 0 Å². The Morgan fingerprint density at radius 3 is 2.64 bits per heavy atom. The molecular weight excluding hydrogens is 316 g/mol. The third-order valence-electron chi connectivity index (χ3n) is 5.21. The number of piperidine rings is 1. The van der Waals surface area contributed by atoms with Crippen LogP contribution < -0.4 is 5.32 Å². The average molecular weight is 346 g/mol. The quantitative estimate of drug-likeness (QED) is 0.828. The Balaban J connectivity index is 1.87. The van der Waals surface area contributed by atoms with Gasteiger partial charge in [-0.1, -0.05) is 44.2 Å². The second-order valence-electron chi connectivity index (χ2n) is 7.57. The van der Waals surface area contributed by atoms with Crippen LogP contribution >= 0.6 is 0 Å². The van der Waals surface area contributed by atoms with Crippen LogP contribution in [-0.4, -0.2) is 47.1 Å². The Hall–Kier alpha value is -1.88. The molecule has 2 unspecified atom stereocenters. The molecule has 5 nitrogen and oxygen atoms in total. The van der Waals surface area contributed by atoms with Gasteiger partial charge in [-0.3, -0.25) is 9.59 Å². The molecule has 2 rings (SSSR count). The van der Waals surface area contributed by atoms with E-state index in [0.29, 0.717) is 19.5 Å². The van der Waals surface area contributed by atoms with Gasteiger partial charge in [0.25, 0.3) is 0 Å². The Morgan fingerprint density at radius 1 is 1.32 bits per heavy atom. The summed E-state index contributed by atoms with van der Waals surface area (Å²) in [5, 5.41) is 13.1. The molecule has 1 fully saturated rings. The number of hydrogen-bond acceptors (Lipinski definition) is 3. The second kappa shape index (κ2) is 8.48. The highest BCUT2D eigenvalue weighted by molar-refractivity contribution is 5.82. The second-order valence-corrected chi connectivity index (χ2v) is 7.57. The minimum atomic E-state index is -0.923. The first-order valence-corrected chi connectivity index (χ1v) is 9.11. The Labute approximate surface area is 150 Å². The molecule has 0 aliphatic carbocycles. The predicted octanol–water partition coefficient (Wildman–Crippen LogP) is 1.99. The monoisotopic (exact) mass is 346 g/mol. The van der Waals surface area contributed by atoms with Gasteiger partial charge in [0.15, 0.2) is 0 Å². The van der Waals surface area contributed by atoms with E-state index >= 15 is 0 Å². The van der Waals surface area contributed by atoms with Crippen molar-refractivity contribution < 1.29 is 14.7 Å². The number of carbonyl (C=O) groups excluding carboxylic acids is 2. The number of nitrogens with one attached hydrogen (secondary N) is 1. The number of aliphatic hydroxyl groups is 1. The molecule has 1 heterocycles. The first-order chi connectivity index (χ1) is 11.8. The minimum Gasteiger partial charge on any atom is -0.388 e. The van der Waals surface area contributed by atoms with Crippen LogP contribution in [0.1, 0.15) is 39.2 Å². The van der Waals surface area contributed by atoms with Gasteiger partial charge in [-0.25, -0.2) is 0 Å². The van der Waals surface area contributed by atoms with Gasteiger partial charge in [0.2, 0.25) is 11.8 Å². The van der Waals surface area contributed by atoms with Crippen molar-refractivity contribution in [1.29, 1.82) is 0 Å². The van der Waals surface area contributed by atoms with E-state index in [1.165, 1.54) is 0 Å². The molecule has 1 aliphatic heterocycles. The van der Waals surface area contributed by atoms with Crippen molar-refractivity contribution in [1.82, 2.24) is 10.2 Å². The van der Waals surface area contributed by atoms with Crippen molar-refractivity contribution in [2.75, 3.05) is 19.6 Å². The van der Waals surface area contributed by atoms with Gasteiger partial charge in [0.1, 0.15) is 0 Å². The van der Waals surface area contributed by atoms with Gasteiger partial charge in [-0.15, -0.1) is 0 Å². The SMILES string of the molecule is CC(C)C(C)(O)CNC(=O)C1CCCN(C(=O)Cc2ccccc2)C1. The molecule has 1 aliphatic rings. The molecule has 138 valence electrons. The van der Waals surface area contributed by atoms with Gasteiger partial charge in [-0.2, -0.15) is 0 Å². The zero-order valence-corrected chi connectivity index (χ0v) is 15.5. The molecular formula is C20H30N2O3. The zero-order valence-electron chi connectivity index (χ0n) is 15.5. The molecule has 0 saturated carbocycles. The summed E-state index contributed by atoms with van der Waals surface area (Å²) in [6, 6.07) is 9.67. The summed E-state index contributed by atoms with van der Waals surface area (Å²) in [5.74, 6) is -0.143. The van der Waals surface area contributed by atoms with E-state index in [2.05, 4.69) is 5.32 Å². The third-order valence-corrected chi connectivity index (χ3v) is 5.21. The van der Waals surface area contributed by atoms with Crippen molar-refractivity contribution in [3.63, 3.8) is 0 Å². The first-order valence-electron chi connectivity index (χ1n) is 9.11. The summed E-state index contributed by atoms with van der Waals surface area (Å²) in [6.45, 7) is 6.99. The molecule has 0 aromatic heterocycles. The molecule has 1 saturated heterocycles. The fourth-order valence-corrected chi connectivity index (χ4v) is 2.91. The molecule has 2 N–H and O–H groups in total. The Bertz CT molecular complexity index is 584. The van der Waals surface area contributed by atoms with Gasteiger partial charge >= 0.3 is 0 Å². The van der Waals surface area contributed by atoms with E-state index in [0.717, 1.165) is 18.4 Å². The number of rotatable bonds is 6. The zero-order chi connectivity index (χ0) is 18.4. The molecule has 2 amide bonds. The summed E-state index contributed by atoms with van der Waals surface area (Å²) in [7, 11) is 0. The highest BCUT2D eigenvalue weighted by Crippen LogP contribution is 2.19. The standard InChI is InChI=1S/C20H30N2O3/c1-15(2)20(3,25)14-21-19(24)17-10-7-11-22(13-17)18(23)12-16-8-5-4-6-9-16/h4-6,8-9,15,17,25H,7,10-14H2,1-3H3,(H,21,24). The lowest BCUT2D eigenvalue weighted by Crippen LogP contribution is -2.49. The average Bonchev–Trinajstić information content (AvgIpc) is 2.60. The molecule has 5 heteroatoms. The number of benzene rings is 1. The smallest absolute Gasteiger partial charge is 0.227 e. The van der Waals surface area contributed by atoms with Crippen molar-refractivity contribution in [2.24, 2.45) is 11.8 Å². The topological polar surface area (TPSA) is 69.6 Å². The maximum absolute atomic E-state index is 12.5. The highest BCUT2D eigenvalue weighted by Gasteiger charge is 2.31. The summed E-state index contributed by atoms with van der Waals surface area (Å²) >= 11 is 0. The van der Waals surface area contributed by atoms with Crippen molar-refractivity contribution in [2.45, 2.75) is 45.6 Å². The summed E-state index contributed by atoms with van der Waals surface area (Å²) < 4.78 is 0. The molecule has 1 aromatic rings. The van der Waals surface area contributed by atoms with Gasteiger partial charge in [-0.05, 0) is 31.2 Å². The fourth-order valence-electron chi connectivity index (χ4n) is 2.91. The summed E-state index contributed by atoms with van der Waals surface area (Å²) in [5.41, 5.74) is 0.0692. The van der Waals surface area contributed by atoms with Crippen LogP contribution in [0, 0.1) is 11.8 Å². The molecule has 0 radical (unpaired) electrons. The van der Waals surface area contributed by atoms with E-state index in [1.54, 1.807) is 11.8 Å². The van der Waals surface area contributed by atoms with Crippen LogP contribution in [0.2, 0.25) is 0 Å². The lowest BCUT2D eigenvalue weighted by atomic mass is 9.91. The Kier molecular flexibility index (Phi) is 6.59. The maximum Gasteiger partial charge on any atom is 0.227 e. The fraction of sp³-hybridized carbons (Fsp3) is 0.600. The van der Waals surface area contributed by atoms with Crippen LogP contribution in [0.3, 0.4) is 0 Å². The van der Waals surface area contributed by atoms with E-state index in [-0.39, 0.29) is 30.2 Å². The van der Waals surface area contributed by atoms with E-state index in [9.17, 15) is 14.7 Å². The van der Waals surface area contributed by atoms with Crippen molar-refractivity contribution >= 4 is 11.8 Å². The molecule has 25 heavy (non-hydrogen) atoms. The van der Waals surface area contributed by atoms with Gasteiger partial charge in [0.05, 0.1) is 17.9 Å². The van der Waals surface area contributed by atoms with Gasteiger partial charge < -0.3 is 15.3 Å². The number of likely N-dealkylation sites (tertiary alicyclic amines) is 1.